The Morgan fingerprint density at radius 3 is 2.27 bits per heavy atom. The van der Waals surface area contributed by atoms with Gasteiger partial charge >= 0.3 is 11.9 Å². The molecule has 4 rings (SSSR count). The van der Waals surface area contributed by atoms with Crippen molar-refractivity contribution in [2.24, 2.45) is 5.92 Å². The van der Waals surface area contributed by atoms with Gasteiger partial charge < -0.3 is 34.1 Å². The van der Waals surface area contributed by atoms with Crippen molar-refractivity contribution in [3.63, 3.8) is 0 Å². The monoisotopic (exact) mass is 701 g/mol. The number of benzene rings is 1. The number of hydrogen-bond donors (Lipinski definition) is 2. The highest BCUT2D eigenvalue weighted by molar-refractivity contribution is 5.87. The van der Waals surface area contributed by atoms with Gasteiger partial charge in [-0.05, 0) is 45.6 Å². The van der Waals surface area contributed by atoms with Gasteiger partial charge in [0.25, 0.3) is 0 Å². The van der Waals surface area contributed by atoms with E-state index >= 15 is 0 Å². The van der Waals surface area contributed by atoms with Crippen molar-refractivity contribution in [2.75, 3.05) is 6.61 Å². The molecule has 3 aliphatic rings. The first kappa shape index (κ1) is 38.1. The fourth-order valence-corrected chi connectivity index (χ4v) is 5.90. The number of esters is 2. The Bertz CT molecular complexity index is 1480. The summed E-state index contributed by atoms with van der Waals surface area (Å²) in [6.45, 7) is 8.83. The number of carbonyl (C=O) groups is 3. The van der Waals surface area contributed by atoms with Gasteiger partial charge in [0.1, 0.15) is 23.9 Å². The number of allylic oxidation sites excluding steroid dienone is 2. The first-order valence-electron chi connectivity index (χ1n) is 15.9. The van der Waals surface area contributed by atoms with Crippen molar-refractivity contribution in [3.8, 4) is 5.75 Å². The van der Waals surface area contributed by atoms with Gasteiger partial charge in [-0.15, -0.1) is 0 Å². The molecule has 0 bridgehead atoms. The number of carbonyl (C=O) groups excluding carboxylic acids is 3. The fraction of sp³-hybridized carbons (Fsp3) is 0.559. The maximum absolute atomic E-state index is 14.0. The van der Waals surface area contributed by atoms with Crippen LogP contribution in [0.15, 0.2) is 36.0 Å². The lowest BCUT2D eigenvalue weighted by molar-refractivity contribution is -0.153. The Kier molecular flexibility index (Phi) is 12.4. The standard InChI is InChI=1S/C34H40F5NO9/c1-16(6-9-23-17(2)12-22(19(4)47-23)40-25(42)11-8-18(3)46-20(5)41)7-10-24-33(44)34(15-45-34)14-21(48-24)13-26(43)49-32-30(38)28(36)27(35)29(37)31(32)39/h6-8,10-11,17-19,21-24,33,44H,9,12-15H2,1-5H3,(H,40,42)/b10-7+,11-8-,16-6+/t17?,18?,19?,21-,22?,23?,24?,33-,34?/m1/s1. The van der Waals surface area contributed by atoms with Crippen LogP contribution in [-0.2, 0) is 33.3 Å². The van der Waals surface area contributed by atoms with Crippen LogP contribution in [-0.4, -0.2) is 77.8 Å². The zero-order valence-corrected chi connectivity index (χ0v) is 27.6. The molecule has 10 nitrogen and oxygen atoms in total. The van der Waals surface area contributed by atoms with Gasteiger partial charge in [0.2, 0.25) is 40.7 Å². The third-order valence-electron chi connectivity index (χ3n) is 8.70. The van der Waals surface area contributed by atoms with E-state index in [4.69, 9.17) is 18.9 Å². The minimum atomic E-state index is -2.38. The molecular weight excluding hydrogens is 661 g/mol. The molecule has 270 valence electrons. The molecule has 3 saturated heterocycles. The molecule has 3 aliphatic heterocycles. The molecule has 1 amide bonds. The van der Waals surface area contributed by atoms with Gasteiger partial charge in [0, 0.05) is 19.4 Å². The van der Waals surface area contributed by atoms with Crippen LogP contribution >= 0.6 is 0 Å². The van der Waals surface area contributed by atoms with Crippen molar-refractivity contribution in [2.45, 2.75) is 109 Å². The van der Waals surface area contributed by atoms with Gasteiger partial charge in [-0.2, -0.15) is 8.78 Å². The van der Waals surface area contributed by atoms with Crippen LogP contribution in [0.25, 0.3) is 0 Å². The second-order valence-corrected chi connectivity index (χ2v) is 12.7. The number of aliphatic hydroxyl groups is 1. The Balaban J connectivity index is 1.31. The lowest BCUT2D eigenvalue weighted by Crippen LogP contribution is -2.50. The normalized spacial score (nSPS) is 30.8. The molecule has 3 fully saturated rings. The Morgan fingerprint density at radius 1 is 1.02 bits per heavy atom. The second kappa shape index (κ2) is 15.9. The molecule has 9 atom stereocenters. The summed E-state index contributed by atoms with van der Waals surface area (Å²) in [4.78, 5) is 35.9. The Labute approximate surface area is 280 Å². The van der Waals surface area contributed by atoms with Gasteiger partial charge in [0.15, 0.2) is 0 Å². The van der Waals surface area contributed by atoms with Crippen LogP contribution < -0.4 is 10.1 Å². The lowest BCUT2D eigenvalue weighted by atomic mass is 9.87. The van der Waals surface area contributed by atoms with E-state index in [0.29, 0.717) is 12.8 Å². The van der Waals surface area contributed by atoms with Crippen LogP contribution in [0.4, 0.5) is 22.0 Å². The highest BCUT2D eigenvalue weighted by Crippen LogP contribution is 2.43. The number of hydrogen-bond acceptors (Lipinski definition) is 9. The van der Waals surface area contributed by atoms with Crippen LogP contribution in [0.1, 0.15) is 60.3 Å². The molecule has 0 aromatic heterocycles. The van der Waals surface area contributed by atoms with Crippen LogP contribution in [0.3, 0.4) is 0 Å². The topological polar surface area (TPSA) is 133 Å². The Hall–Kier alpha value is -3.66. The summed E-state index contributed by atoms with van der Waals surface area (Å²) in [6.07, 6.45) is 4.73. The number of aliphatic hydroxyl groups excluding tert-OH is 1. The molecule has 15 heteroatoms. The van der Waals surface area contributed by atoms with E-state index < -0.39 is 83.2 Å². The van der Waals surface area contributed by atoms with Crippen molar-refractivity contribution in [1.29, 1.82) is 0 Å². The summed E-state index contributed by atoms with van der Waals surface area (Å²) in [7, 11) is 0. The van der Waals surface area contributed by atoms with E-state index in [1.54, 1.807) is 19.1 Å². The van der Waals surface area contributed by atoms with E-state index in [9.17, 15) is 41.4 Å². The minimum absolute atomic E-state index is 0.0275. The lowest BCUT2D eigenvalue weighted by Gasteiger charge is -2.39. The van der Waals surface area contributed by atoms with Gasteiger partial charge in [-0.25, -0.2) is 13.2 Å². The maximum atomic E-state index is 14.0. The Morgan fingerprint density at radius 2 is 1.65 bits per heavy atom. The molecule has 2 N–H and O–H groups in total. The summed E-state index contributed by atoms with van der Waals surface area (Å²) < 4.78 is 95.4. The molecule has 1 aromatic carbocycles. The highest BCUT2D eigenvalue weighted by Gasteiger charge is 2.58. The molecule has 1 spiro atoms. The second-order valence-electron chi connectivity index (χ2n) is 12.7. The van der Waals surface area contributed by atoms with Crippen molar-refractivity contribution >= 4 is 17.8 Å². The number of nitrogens with one attached hydrogen (secondary N) is 1. The number of halogens is 5. The van der Waals surface area contributed by atoms with E-state index in [0.717, 1.165) is 5.57 Å². The predicted molar refractivity (Wildman–Crippen MR) is 162 cm³/mol. The summed E-state index contributed by atoms with van der Waals surface area (Å²) in [5.74, 6) is -15.1. The van der Waals surface area contributed by atoms with Crippen molar-refractivity contribution in [3.05, 3.63) is 65.0 Å². The molecule has 7 unspecified atom stereocenters. The minimum Gasteiger partial charge on any atom is -0.459 e. The SMILES string of the molecule is CC(=O)OC(C)/C=C\C(=O)NC1CC(C)C(C/C=C(C)/C=C/C2O[C@H](CC(=O)Oc3c(F)c(F)c(F)c(F)c3F)CC3(CO3)[C@@H]2O)OC1C. The number of amides is 1. The molecule has 0 saturated carbocycles. The van der Waals surface area contributed by atoms with E-state index in [2.05, 4.69) is 10.1 Å². The van der Waals surface area contributed by atoms with E-state index in [1.165, 1.54) is 19.1 Å². The van der Waals surface area contributed by atoms with Crippen LogP contribution in [0.2, 0.25) is 0 Å². The molecule has 0 radical (unpaired) electrons. The fourth-order valence-electron chi connectivity index (χ4n) is 5.90. The third kappa shape index (κ3) is 9.53. The van der Waals surface area contributed by atoms with E-state index in [-0.39, 0.29) is 43.1 Å². The summed E-state index contributed by atoms with van der Waals surface area (Å²) in [6, 6.07) is -0.222. The molecular formula is C34H40F5NO9. The van der Waals surface area contributed by atoms with Crippen LogP contribution in [0.5, 0.6) is 5.75 Å². The van der Waals surface area contributed by atoms with Crippen molar-refractivity contribution in [1.82, 2.24) is 5.32 Å². The third-order valence-corrected chi connectivity index (χ3v) is 8.70. The van der Waals surface area contributed by atoms with Gasteiger partial charge in [0.05, 0.1) is 37.4 Å². The van der Waals surface area contributed by atoms with Crippen LogP contribution in [0, 0.1) is 35.0 Å². The largest absolute Gasteiger partial charge is 0.459 e. The zero-order chi connectivity index (χ0) is 36.2. The van der Waals surface area contributed by atoms with Gasteiger partial charge in [-0.1, -0.05) is 30.7 Å². The smallest absolute Gasteiger partial charge is 0.314 e. The number of epoxide rings is 1. The summed E-state index contributed by atoms with van der Waals surface area (Å²) in [5.41, 5.74) is -0.218. The molecule has 1 aromatic rings. The first-order chi connectivity index (χ1) is 23.0. The number of ether oxygens (including phenoxy) is 5. The average Bonchev–Trinajstić information content (AvgIpc) is 3.81. The summed E-state index contributed by atoms with van der Waals surface area (Å²) >= 11 is 0. The molecule has 0 aliphatic carbocycles. The predicted octanol–water partition coefficient (Wildman–Crippen LogP) is 4.66. The quantitative estimate of drug-likeness (QED) is 0.0494. The average molecular weight is 702 g/mol. The number of rotatable bonds is 11. The summed E-state index contributed by atoms with van der Waals surface area (Å²) in [5, 5.41) is 13.8. The zero-order valence-electron chi connectivity index (χ0n) is 27.6. The molecule has 49 heavy (non-hydrogen) atoms. The van der Waals surface area contributed by atoms with Gasteiger partial charge in [-0.3, -0.25) is 14.4 Å². The highest BCUT2D eigenvalue weighted by atomic mass is 19.2. The van der Waals surface area contributed by atoms with E-state index in [1.807, 2.05) is 26.8 Å². The first-order valence-corrected chi connectivity index (χ1v) is 15.9. The van der Waals surface area contributed by atoms with Crippen molar-refractivity contribution < 1.29 is 65.1 Å². The maximum Gasteiger partial charge on any atom is 0.314 e. The molecule has 3 heterocycles.